The molecule has 11 atom stereocenters. The number of hydrogen-bond donors (Lipinski definition) is 1. The predicted octanol–water partition coefficient (Wildman–Crippen LogP) is 16.7. The Bertz CT molecular complexity index is 2560. The third-order valence-electron chi connectivity index (χ3n) is 15.0. The fourth-order valence-corrected chi connectivity index (χ4v) is 12.3. The van der Waals surface area contributed by atoms with Gasteiger partial charge < -0.3 is 14.6 Å². The second-order valence-corrected chi connectivity index (χ2v) is 22.6. The molecule has 9 heteroatoms. The second kappa shape index (κ2) is 22.8. The molecule has 4 nitrogen and oxygen atoms in total. The number of cyclic esters (lactones) is 1. The lowest BCUT2D eigenvalue weighted by atomic mass is 9.72. The summed E-state index contributed by atoms with van der Waals surface area (Å²) >= 11 is 5.88. The molecule has 0 spiro atoms. The zero-order valence-corrected chi connectivity index (χ0v) is 45.0. The zero-order chi connectivity index (χ0) is 48.9. The number of ether oxygens (including phenoxy) is 2. The van der Waals surface area contributed by atoms with Gasteiger partial charge in [0, 0.05) is 46.4 Å². The highest BCUT2D eigenvalue weighted by Gasteiger charge is 2.49. The lowest BCUT2D eigenvalue weighted by Gasteiger charge is -2.49. The molecule has 358 valence electrons. The first-order chi connectivity index (χ1) is 31.8. The van der Waals surface area contributed by atoms with Crippen molar-refractivity contribution in [2.24, 2.45) is 35.5 Å². The number of benzene rings is 4. The van der Waals surface area contributed by atoms with Crippen LogP contribution in [-0.2, 0) is 20.1 Å². The monoisotopic (exact) mass is 1060 g/mol. The Kier molecular flexibility index (Phi) is 17.9. The van der Waals surface area contributed by atoms with Crippen LogP contribution < -0.4 is 0 Å². The van der Waals surface area contributed by atoms with E-state index in [2.05, 4.69) is 153 Å². The summed E-state index contributed by atoms with van der Waals surface area (Å²) in [5.74, 6) is 0.604. The molecule has 67 heavy (non-hydrogen) atoms. The molecule has 0 amide bonds. The van der Waals surface area contributed by atoms with Crippen LogP contribution in [0.2, 0.25) is 0 Å². The number of thiophene rings is 2. The van der Waals surface area contributed by atoms with Gasteiger partial charge in [-0.25, -0.2) is 8.78 Å². The average Bonchev–Trinajstić information content (AvgIpc) is 4.03. The summed E-state index contributed by atoms with van der Waals surface area (Å²) < 4.78 is 39.3. The van der Waals surface area contributed by atoms with E-state index in [0.29, 0.717) is 29.6 Å². The summed E-state index contributed by atoms with van der Waals surface area (Å²) in [7, 11) is 0. The van der Waals surface area contributed by atoms with Gasteiger partial charge in [-0.2, -0.15) is 0 Å². The van der Waals surface area contributed by atoms with Crippen LogP contribution in [0.5, 0.6) is 0 Å². The standard InChI is InChI=1S/C29H35FO2S.C19H16FIS.C10H18O2/c1-7-26-19(4)18(3)21(6)29(31,32-26)23-11-8-17(2)25(16-23)20(5)27-14-15-28(33-27)22-9-12-24(30)13-10-22;1-12-3-8-16(21)11-17(12)13(2)18-9-10-19(22-18)14-4-6-15(20)7-5-14;1-5-9-7(3)6(2)8(4)10(11)12-9/h8-16,18-21,26,31H,7H2,1-6H3;3-11,13H,1-2H3;6-9H,5H2,1-4H3/t18-,19-,20?,21+,26+,29+;;6-,7-,8+,9+/m0.0/s1. The molecule has 2 saturated heterocycles. The van der Waals surface area contributed by atoms with E-state index in [1.807, 2.05) is 37.3 Å². The highest BCUT2D eigenvalue weighted by molar-refractivity contribution is 14.1. The first kappa shape index (κ1) is 52.6. The first-order valence-corrected chi connectivity index (χ1v) is 26.7. The Labute approximate surface area is 420 Å². The van der Waals surface area contributed by atoms with Crippen LogP contribution in [0.4, 0.5) is 8.78 Å². The number of carbonyl (C=O) groups is 1. The van der Waals surface area contributed by atoms with Gasteiger partial charge in [-0.05, 0) is 173 Å². The molecule has 4 aromatic carbocycles. The highest BCUT2D eigenvalue weighted by atomic mass is 127. The van der Waals surface area contributed by atoms with Crippen LogP contribution in [-0.4, -0.2) is 23.3 Å². The van der Waals surface area contributed by atoms with Gasteiger partial charge in [0.1, 0.15) is 17.7 Å². The number of halogens is 3. The molecule has 2 fully saturated rings. The largest absolute Gasteiger partial charge is 0.462 e. The van der Waals surface area contributed by atoms with Gasteiger partial charge in [0.05, 0.1) is 12.0 Å². The van der Waals surface area contributed by atoms with Gasteiger partial charge in [-0.1, -0.05) is 112 Å². The van der Waals surface area contributed by atoms with E-state index < -0.39 is 5.79 Å². The fourth-order valence-electron chi connectivity index (χ4n) is 9.63. The molecular weight excluding hydrogens is 990 g/mol. The van der Waals surface area contributed by atoms with Crippen molar-refractivity contribution in [1.29, 1.82) is 0 Å². The number of aliphatic hydroxyl groups is 1. The van der Waals surface area contributed by atoms with Crippen molar-refractivity contribution < 1.29 is 28.2 Å². The first-order valence-electron chi connectivity index (χ1n) is 24.0. The molecule has 2 aromatic heterocycles. The highest BCUT2D eigenvalue weighted by Crippen LogP contribution is 2.48. The van der Waals surface area contributed by atoms with Crippen LogP contribution in [0.25, 0.3) is 20.9 Å². The van der Waals surface area contributed by atoms with E-state index in [0.717, 1.165) is 34.4 Å². The zero-order valence-electron chi connectivity index (χ0n) is 41.2. The molecule has 0 radical (unpaired) electrons. The lowest BCUT2D eigenvalue weighted by molar-refractivity contribution is -0.316. The molecule has 8 rings (SSSR count). The SMILES string of the molecule is CC[C@H]1OC(=O)[C@H](C)[C@@H](C)[C@@H]1C.CC[C@H]1O[C@@](O)(c2ccc(C)c(C(C)c3ccc(-c4ccc(F)cc4)s3)c2)[C@H](C)[C@@H](C)[C@@H]1C.Cc1ccc(I)cc1C(C)c1ccc(-c2ccc(F)cc2)s1. The van der Waals surface area contributed by atoms with Crippen molar-refractivity contribution in [1.82, 2.24) is 0 Å². The Morgan fingerprint density at radius 3 is 1.58 bits per heavy atom. The molecule has 2 aliphatic heterocycles. The number of hydrogen-bond acceptors (Lipinski definition) is 6. The maximum absolute atomic E-state index is 13.3. The molecule has 6 aromatic rings. The maximum atomic E-state index is 13.3. The summed E-state index contributed by atoms with van der Waals surface area (Å²) in [5, 5.41) is 11.8. The van der Waals surface area contributed by atoms with E-state index in [9.17, 15) is 18.7 Å². The minimum atomic E-state index is -1.29. The minimum Gasteiger partial charge on any atom is -0.462 e. The lowest BCUT2D eigenvalue weighted by Crippen LogP contribution is -2.51. The molecule has 0 saturated carbocycles. The van der Waals surface area contributed by atoms with Crippen molar-refractivity contribution >= 4 is 51.2 Å². The third kappa shape index (κ3) is 12.0. The normalized spacial score (nSPS) is 25.8. The van der Waals surface area contributed by atoms with E-state index in [4.69, 9.17) is 9.47 Å². The van der Waals surface area contributed by atoms with Crippen LogP contribution in [0, 0.1) is 64.6 Å². The molecule has 4 heterocycles. The average molecular weight is 1060 g/mol. The van der Waals surface area contributed by atoms with E-state index in [-0.39, 0.29) is 47.6 Å². The van der Waals surface area contributed by atoms with Gasteiger partial charge in [-0.15, -0.1) is 22.7 Å². The number of esters is 1. The van der Waals surface area contributed by atoms with Crippen LogP contribution in [0.15, 0.2) is 109 Å². The molecule has 1 N–H and O–H groups in total. The quantitative estimate of drug-likeness (QED) is 0.116. The Hall–Kier alpha value is -3.74. The molecule has 0 aliphatic carbocycles. The number of rotatable bonds is 9. The van der Waals surface area contributed by atoms with Gasteiger partial charge in [0.25, 0.3) is 0 Å². The topological polar surface area (TPSA) is 55.8 Å². The molecule has 2 unspecified atom stereocenters. The molecular formula is C58H69F2IO4S2. The predicted molar refractivity (Wildman–Crippen MR) is 284 cm³/mol. The summed E-state index contributed by atoms with van der Waals surface area (Å²) in [6, 6.07) is 34.8. The molecule has 2 aliphatic rings. The third-order valence-corrected chi connectivity index (χ3v) is 18.3. The van der Waals surface area contributed by atoms with E-state index in [1.54, 1.807) is 22.7 Å². The number of carbonyl (C=O) groups excluding carboxylic acids is 1. The molecule has 0 bridgehead atoms. The Balaban J connectivity index is 0.000000186. The van der Waals surface area contributed by atoms with E-state index in [1.165, 1.54) is 64.7 Å². The van der Waals surface area contributed by atoms with Crippen molar-refractivity contribution in [2.45, 2.75) is 126 Å². The number of aryl methyl sites for hydroxylation is 2. The van der Waals surface area contributed by atoms with Gasteiger partial charge >= 0.3 is 5.97 Å². The van der Waals surface area contributed by atoms with Crippen molar-refractivity contribution in [3.63, 3.8) is 0 Å². The van der Waals surface area contributed by atoms with Crippen molar-refractivity contribution in [3.05, 3.63) is 162 Å². The maximum Gasteiger partial charge on any atom is 0.309 e. The summed E-state index contributed by atoms with van der Waals surface area (Å²) in [6.07, 6.45) is 2.00. The van der Waals surface area contributed by atoms with Gasteiger partial charge in [0.2, 0.25) is 0 Å². The Morgan fingerprint density at radius 1 is 0.627 bits per heavy atom. The second-order valence-electron chi connectivity index (χ2n) is 19.1. The van der Waals surface area contributed by atoms with Crippen LogP contribution in [0.1, 0.15) is 131 Å². The fraction of sp³-hybridized carbons (Fsp3) is 0.431. The smallest absolute Gasteiger partial charge is 0.309 e. The van der Waals surface area contributed by atoms with Crippen LogP contribution in [0.3, 0.4) is 0 Å². The van der Waals surface area contributed by atoms with E-state index >= 15 is 0 Å². The van der Waals surface area contributed by atoms with Gasteiger partial charge in [0.15, 0.2) is 5.79 Å². The summed E-state index contributed by atoms with van der Waals surface area (Å²) in [5.41, 5.74) is 8.04. The summed E-state index contributed by atoms with van der Waals surface area (Å²) in [6.45, 7) is 25.8. The van der Waals surface area contributed by atoms with Gasteiger partial charge in [-0.3, -0.25) is 4.79 Å². The minimum absolute atomic E-state index is 0.00650. The summed E-state index contributed by atoms with van der Waals surface area (Å²) in [4.78, 5) is 16.2. The Morgan fingerprint density at radius 2 is 1.09 bits per heavy atom. The van der Waals surface area contributed by atoms with Crippen molar-refractivity contribution in [3.8, 4) is 20.9 Å². The van der Waals surface area contributed by atoms with Crippen molar-refractivity contribution in [2.75, 3.05) is 0 Å². The van der Waals surface area contributed by atoms with Crippen LogP contribution >= 0.6 is 45.3 Å².